The third-order valence-electron chi connectivity index (χ3n) is 6.87. The Labute approximate surface area is 198 Å². The number of non-ortho nitro benzene ring substituents is 1. The van der Waals surface area contributed by atoms with E-state index in [0.717, 1.165) is 55.8 Å². The monoisotopic (exact) mass is 459 g/mol. The quantitative estimate of drug-likeness (QED) is 0.393. The highest BCUT2D eigenvalue weighted by atomic mass is 16.6. The number of nitro benzene ring substituents is 1. The molecule has 0 bridgehead atoms. The fourth-order valence-electron chi connectivity index (χ4n) is 5.12. The molecule has 1 amide bonds. The molecule has 2 aliphatic heterocycles. The minimum Gasteiger partial charge on any atom is -0.338 e. The Hall–Kier alpha value is -3.52. The van der Waals surface area contributed by atoms with E-state index in [-0.39, 0.29) is 24.1 Å². The molecule has 2 aliphatic rings. The van der Waals surface area contributed by atoms with Gasteiger partial charge in [-0.2, -0.15) is 5.10 Å². The minimum atomic E-state index is -0.412. The van der Waals surface area contributed by atoms with Crippen LogP contribution >= 0.6 is 0 Å². The number of amides is 1. The van der Waals surface area contributed by atoms with Gasteiger partial charge in [0, 0.05) is 48.6 Å². The van der Waals surface area contributed by atoms with Gasteiger partial charge < -0.3 is 9.80 Å². The van der Waals surface area contributed by atoms with E-state index >= 15 is 0 Å². The van der Waals surface area contributed by atoms with Crippen LogP contribution in [-0.4, -0.2) is 62.6 Å². The van der Waals surface area contributed by atoms with Crippen molar-refractivity contribution in [2.45, 2.75) is 38.1 Å². The molecular weight excluding hydrogens is 430 g/mol. The van der Waals surface area contributed by atoms with Gasteiger partial charge >= 0.3 is 0 Å². The van der Waals surface area contributed by atoms with Gasteiger partial charge in [0.2, 0.25) is 5.91 Å². The van der Waals surface area contributed by atoms with Gasteiger partial charge in [-0.15, -0.1) is 0 Å². The van der Waals surface area contributed by atoms with Crippen LogP contribution in [0.3, 0.4) is 0 Å². The first-order valence-electron chi connectivity index (χ1n) is 12.0. The van der Waals surface area contributed by atoms with Gasteiger partial charge in [0.1, 0.15) is 0 Å². The molecule has 0 aliphatic carbocycles. The van der Waals surface area contributed by atoms with Crippen molar-refractivity contribution in [1.29, 1.82) is 0 Å². The summed E-state index contributed by atoms with van der Waals surface area (Å²) in [4.78, 5) is 28.7. The average Bonchev–Trinajstić information content (AvgIpc) is 3.62. The van der Waals surface area contributed by atoms with E-state index in [1.54, 1.807) is 16.8 Å². The average molecular weight is 460 g/mol. The summed E-state index contributed by atoms with van der Waals surface area (Å²) in [7, 11) is 0. The van der Waals surface area contributed by atoms with Gasteiger partial charge in [-0.1, -0.05) is 18.2 Å². The number of carbonyl (C=O) groups is 1. The maximum atomic E-state index is 13.5. The number of hydrogen-bond donors (Lipinski definition) is 0. The SMILES string of the molecule is O=C(Cc1cn(-c2ccccc2)nc1-c1ccc([N+](=O)[O-])cc1)N1CCCC1CN1CCCC1. The van der Waals surface area contributed by atoms with Crippen molar-refractivity contribution in [2.75, 3.05) is 26.2 Å². The van der Waals surface area contributed by atoms with Crippen molar-refractivity contribution in [3.8, 4) is 16.9 Å². The molecule has 176 valence electrons. The summed E-state index contributed by atoms with van der Waals surface area (Å²) in [6.07, 6.45) is 6.77. The largest absolute Gasteiger partial charge is 0.338 e. The lowest BCUT2D eigenvalue weighted by atomic mass is 10.0. The Kier molecular flexibility index (Phi) is 6.40. The zero-order chi connectivity index (χ0) is 23.5. The molecule has 0 saturated carbocycles. The molecule has 3 aromatic rings. The van der Waals surface area contributed by atoms with Gasteiger partial charge in [0.15, 0.2) is 0 Å². The predicted molar refractivity (Wildman–Crippen MR) is 130 cm³/mol. The summed E-state index contributed by atoms with van der Waals surface area (Å²) < 4.78 is 1.78. The van der Waals surface area contributed by atoms with E-state index in [0.29, 0.717) is 5.69 Å². The predicted octanol–water partition coefficient (Wildman–Crippen LogP) is 4.08. The highest BCUT2D eigenvalue weighted by Crippen LogP contribution is 2.28. The Bertz CT molecular complexity index is 1150. The Morgan fingerprint density at radius 1 is 1.00 bits per heavy atom. The number of aromatic nitrogens is 2. The summed E-state index contributed by atoms with van der Waals surface area (Å²) >= 11 is 0. The highest BCUT2D eigenvalue weighted by Gasteiger charge is 2.31. The summed E-state index contributed by atoms with van der Waals surface area (Å²) in [5.74, 6) is 0.123. The molecule has 2 saturated heterocycles. The number of benzene rings is 2. The van der Waals surface area contributed by atoms with E-state index < -0.39 is 4.92 Å². The van der Waals surface area contributed by atoms with Gasteiger partial charge in [-0.25, -0.2) is 4.68 Å². The van der Waals surface area contributed by atoms with Crippen LogP contribution < -0.4 is 0 Å². The fourth-order valence-corrected chi connectivity index (χ4v) is 5.12. The maximum absolute atomic E-state index is 13.5. The lowest BCUT2D eigenvalue weighted by Gasteiger charge is -2.28. The van der Waals surface area contributed by atoms with Crippen LogP contribution in [0.2, 0.25) is 0 Å². The van der Waals surface area contributed by atoms with Gasteiger partial charge in [0.05, 0.1) is 22.7 Å². The fraction of sp³-hybridized carbons (Fsp3) is 0.385. The number of hydrogen-bond acceptors (Lipinski definition) is 5. The Morgan fingerprint density at radius 3 is 2.44 bits per heavy atom. The van der Waals surface area contributed by atoms with Crippen molar-refractivity contribution < 1.29 is 9.72 Å². The van der Waals surface area contributed by atoms with Crippen molar-refractivity contribution in [1.82, 2.24) is 19.6 Å². The zero-order valence-corrected chi connectivity index (χ0v) is 19.2. The summed E-state index contributed by atoms with van der Waals surface area (Å²) in [5, 5.41) is 15.9. The van der Waals surface area contributed by atoms with Crippen LogP contribution in [0.4, 0.5) is 5.69 Å². The van der Waals surface area contributed by atoms with Crippen LogP contribution in [0.1, 0.15) is 31.2 Å². The van der Waals surface area contributed by atoms with Crippen molar-refractivity contribution in [3.63, 3.8) is 0 Å². The second-order valence-corrected chi connectivity index (χ2v) is 9.15. The molecule has 3 heterocycles. The van der Waals surface area contributed by atoms with E-state index in [1.807, 2.05) is 36.5 Å². The van der Waals surface area contributed by atoms with Gasteiger partial charge in [0.25, 0.3) is 5.69 Å². The van der Waals surface area contributed by atoms with Gasteiger partial charge in [-0.3, -0.25) is 14.9 Å². The molecule has 2 fully saturated rings. The number of para-hydroxylation sites is 1. The molecule has 0 spiro atoms. The van der Waals surface area contributed by atoms with E-state index in [4.69, 9.17) is 5.10 Å². The number of nitrogens with zero attached hydrogens (tertiary/aromatic N) is 5. The number of carbonyl (C=O) groups excluding carboxylic acids is 1. The van der Waals surface area contributed by atoms with Crippen LogP contribution in [0.15, 0.2) is 60.8 Å². The molecule has 0 radical (unpaired) electrons. The Balaban J connectivity index is 1.41. The lowest BCUT2D eigenvalue weighted by molar-refractivity contribution is -0.384. The van der Waals surface area contributed by atoms with E-state index in [1.165, 1.54) is 25.0 Å². The normalized spacial score (nSPS) is 18.5. The second-order valence-electron chi connectivity index (χ2n) is 9.15. The molecular formula is C26H29N5O3. The number of rotatable bonds is 7. The van der Waals surface area contributed by atoms with Crippen LogP contribution in [0.5, 0.6) is 0 Å². The first-order chi connectivity index (χ1) is 16.6. The van der Waals surface area contributed by atoms with Gasteiger partial charge in [-0.05, 0) is 63.0 Å². The molecule has 1 atom stereocenters. The van der Waals surface area contributed by atoms with Crippen LogP contribution in [0, 0.1) is 10.1 Å². The highest BCUT2D eigenvalue weighted by molar-refractivity contribution is 5.82. The van der Waals surface area contributed by atoms with Crippen molar-refractivity contribution in [2.24, 2.45) is 0 Å². The summed E-state index contributed by atoms with van der Waals surface area (Å²) in [6.45, 7) is 4.03. The minimum absolute atomic E-state index is 0.0330. The second kappa shape index (κ2) is 9.77. The summed E-state index contributed by atoms with van der Waals surface area (Å²) in [6, 6.07) is 16.4. The molecule has 8 heteroatoms. The molecule has 1 aromatic heterocycles. The van der Waals surface area contributed by atoms with Crippen LogP contribution in [-0.2, 0) is 11.2 Å². The first kappa shape index (κ1) is 22.3. The first-order valence-corrected chi connectivity index (χ1v) is 12.0. The standard InChI is InChI=1S/C26H29N5O3/c32-25(29-16-6-9-24(29)19-28-14-4-5-15-28)17-21-18-30(22-7-2-1-3-8-22)27-26(21)20-10-12-23(13-11-20)31(33)34/h1-3,7-8,10-13,18,24H,4-6,9,14-17,19H2. The van der Waals surface area contributed by atoms with Crippen LogP contribution in [0.25, 0.3) is 16.9 Å². The van der Waals surface area contributed by atoms with E-state index in [9.17, 15) is 14.9 Å². The van der Waals surface area contributed by atoms with Crippen molar-refractivity contribution in [3.05, 3.63) is 76.5 Å². The molecule has 8 nitrogen and oxygen atoms in total. The molecule has 34 heavy (non-hydrogen) atoms. The summed E-state index contributed by atoms with van der Waals surface area (Å²) in [5.41, 5.74) is 3.21. The topological polar surface area (TPSA) is 84.5 Å². The number of nitro groups is 1. The zero-order valence-electron chi connectivity index (χ0n) is 19.2. The van der Waals surface area contributed by atoms with Crippen molar-refractivity contribution >= 4 is 11.6 Å². The maximum Gasteiger partial charge on any atom is 0.269 e. The third kappa shape index (κ3) is 4.72. The lowest BCUT2D eigenvalue weighted by Crippen LogP contribution is -2.43. The Morgan fingerprint density at radius 2 is 1.74 bits per heavy atom. The smallest absolute Gasteiger partial charge is 0.269 e. The van der Waals surface area contributed by atoms with E-state index in [2.05, 4.69) is 9.80 Å². The third-order valence-corrected chi connectivity index (χ3v) is 6.87. The molecule has 2 aromatic carbocycles. The number of likely N-dealkylation sites (tertiary alicyclic amines) is 2. The molecule has 0 N–H and O–H groups in total. The molecule has 5 rings (SSSR count). The molecule has 1 unspecified atom stereocenters.